The van der Waals surface area contributed by atoms with Gasteiger partial charge >= 0.3 is 0 Å². The minimum absolute atomic E-state index is 0.115. The highest BCUT2D eigenvalue weighted by Gasteiger charge is 2.28. The first-order valence-electron chi connectivity index (χ1n) is 9.26. The molecule has 1 aliphatic rings. The number of benzene rings is 2. The van der Waals surface area contributed by atoms with Crippen molar-refractivity contribution < 1.29 is 9.59 Å². The van der Waals surface area contributed by atoms with Crippen molar-refractivity contribution in [1.82, 2.24) is 5.32 Å². The minimum Gasteiger partial charge on any atom is -0.366 e. The molecule has 29 heavy (non-hydrogen) atoms. The number of para-hydroxylation sites is 1. The molecule has 2 aromatic carbocycles. The number of amidine groups is 1. The lowest BCUT2D eigenvalue weighted by molar-refractivity contribution is -0.115. The van der Waals surface area contributed by atoms with Gasteiger partial charge in [0, 0.05) is 11.4 Å². The number of aliphatic imine (C=N–C) groups is 1. The molecule has 6 nitrogen and oxygen atoms in total. The Morgan fingerprint density at radius 1 is 1.07 bits per heavy atom. The number of amides is 2. The third-order valence-electron chi connectivity index (χ3n) is 4.68. The van der Waals surface area contributed by atoms with Crippen LogP contribution in [-0.4, -0.2) is 22.7 Å². The fourth-order valence-corrected chi connectivity index (χ4v) is 3.98. The summed E-state index contributed by atoms with van der Waals surface area (Å²) in [5.74, 6) is -0.430. The fourth-order valence-electron chi connectivity index (χ4n) is 3.24. The van der Waals surface area contributed by atoms with Gasteiger partial charge in [-0.15, -0.1) is 0 Å². The van der Waals surface area contributed by atoms with Crippen LogP contribution in [-0.2, 0) is 9.59 Å². The molecule has 0 aliphatic carbocycles. The lowest BCUT2D eigenvalue weighted by Gasteiger charge is -2.25. The number of nitrogens with one attached hydrogen (secondary N) is 2. The van der Waals surface area contributed by atoms with Crippen LogP contribution in [0.3, 0.4) is 0 Å². The number of anilines is 1. The number of hydrogen-bond donors (Lipinski definition) is 3. The Bertz CT molecular complexity index is 979. The molecule has 2 amide bonds. The largest absolute Gasteiger partial charge is 0.366 e. The number of thioether (sulfide) groups is 1. The van der Waals surface area contributed by atoms with Gasteiger partial charge in [0.15, 0.2) is 5.17 Å². The molecule has 1 aliphatic heterocycles. The van der Waals surface area contributed by atoms with Crippen LogP contribution >= 0.6 is 11.8 Å². The molecule has 1 atom stereocenters. The number of rotatable bonds is 5. The maximum atomic E-state index is 12.5. The predicted molar refractivity (Wildman–Crippen MR) is 119 cm³/mol. The first-order chi connectivity index (χ1) is 13.9. The second kappa shape index (κ2) is 8.96. The van der Waals surface area contributed by atoms with E-state index >= 15 is 0 Å². The topological polar surface area (TPSA) is 96.6 Å². The summed E-state index contributed by atoms with van der Waals surface area (Å²) in [7, 11) is 0. The van der Waals surface area contributed by atoms with E-state index in [-0.39, 0.29) is 11.7 Å². The number of hydrogen-bond acceptors (Lipinski definition) is 5. The van der Waals surface area contributed by atoms with Crippen molar-refractivity contribution in [2.75, 3.05) is 11.1 Å². The van der Waals surface area contributed by atoms with Gasteiger partial charge in [-0.1, -0.05) is 60.3 Å². The average molecular weight is 409 g/mol. The van der Waals surface area contributed by atoms with E-state index in [0.717, 1.165) is 22.4 Å². The zero-order chi connectivity index (χ0) is 21.0. The van der Waals surface area contributed by atoms with Crippen molar-refractivity contribution in [2.24, 2.45) is 10.7 Å². The number of carbonyl (C=O) groups is 2. The first-order valence-corrected chi connectivity index (χ1v) is 10.2. The Kier molecular flexibility index (Phi) is 6.39. The van der Waals surface area contributed by atoms with Crippen molar-refractivity contribution in [3.05, 3.63) is 76.5 Å². The maximum absolute atomic E-state index is 12.5. The molecular weight excluding hydrogens is 384 g/mol. The zero-order valence-corrected chi connectivity index (χ0v) is 17.5. The molecule has 0 aromatic heterocycles. The van der Waals surface area contributed by atoms with Crippen LogP contribution in [0.4, 0.5) is 5.69 Å². The molecule has 0 bridgehead atoms. The molecule has 0 saturated heterocycles. The standard InChI is InChI=1S/C22H24N4O2S/c1-13-8-7-9-14(2)19(13)25-17(27)12-29-22-24-15(3)18(21(23)28)20(26-22)16-10-5-4-6-11-16/h4-11,20H,12H2,1-3H3,(H2,23,28)(H,24,26)(H,25,27)/t20-/m0/s1. The summed E-state index contributed by atoms with van der Waals surface area (Å²) in [5.41, 5.74) is 10.4. The Morgan fingerprint density at radius 2 is 1.72 bits per heavy atom. The van der Waals surface area contributed by atoms with Gasteiger partial charge < -0.3 is 16.4 Å². The summed E-state index contributed by atoms with van der Waals surface area (Å²) in [4.78, 5) is 29.1. The summed E-state index contributed by atoms with van der Waals surface area (Å²) in [5, 5.41) is 6.65. The van der Waals surface area contributed by atoms with E-state index in [2.05, 4.69) is 15.6 Å². The Hall–Kier alpha value is -3.06. The molecule has 0 spiro atoms. The van der Waals surface area contributed by atoms with Crippen LogP contribution in [0.2, 0.25) is 0 Å². The molecule has 1 heterocycles. The lowest BCUT2D eigenvalue weighted by atomic mass is 9.96. The van der Waals surface area contributed by atoms with Gasteiger partial charge in [-0.25, -0.2) is 4.99 Å². The first kappa shape index (κ1) is 20.7. The van der Waals surface area contributed by atoms with Gasteiger partial charge in [-0.2, -0.15) is 0 Å². The number of nitrogens with zero attached hydrogens (tertiary/aromatic N) is 1. The molecule has 0 unspecified atom stereocenters. The van der Waals surface area contributed by atoms with Crippen LogP contribution in [0, 0.1) is 13.8 Å². The lowest BCUT2D eigenvalue weighted by Crippen LogP contribution is -2.33. The molecule has 7 heteroatoms. The van der Waals surface area contributed by atoms with Gasteiger partial charge in [0.1, 0.15) is 6.04 Å². The Morgan fingerprint density at radius 3 is 2.34 bits per heavy atom. The predicted octanol–water partition coefficient (Wildman–Crippen LogP) is 3.43. The molecule has 2 aromatic rings. The van der Waals surface area contributed by atoms with Crippen molar-refractivity contribution >= 4 is 34.4 Å². The van der Waals surface area contributed by atoms with Gasteiger partial charge in [0.05, 0.1) is 11.3 Å². The van der Waals surface area contributed by atoms with Crippen LogP contribution in [0.5, 0.6) is 0 Å². The zero-order valence-electron chi connectivity index (χ0n) is 16.7. The molecule has 4 N–H and O–H groups in total. The SMILES string of the molecule is CC1=C(C(N)=O)[C@H](c2ccccc2)N=C(SCC(=O)Nc2c(C)cccc2C)N1. The summed E-state index contributed by atoms with van der Waals surface area (Å²) >= 11 is 1.29. The third-order valence-corrected chi connectivity index (χ3v) is 5.57. The quantitative estimate of drug-likeness (QED) is 0.706. The van der Waals surface area contributed by atoms with Gasteiger partial charge in [0.25, 0.3) is 0 Å². The van der Waals surface area contributed by atoms with E-state index in [0.29, 0.717) is 16.4 Å². The minimum atomic E-state index is -0.510. The second-order valence-corrected chi connectivity index (χ2v) is 7.84. The number of primary amides is 1. The van der Waals surface area contributed by atoms with Crippen molar-refractivity contribution in [1.29, 1.82) is 0 Å². The second-order valence-electron chi connectivity index (χ2n) is 6.88. The number of carbonyl (C=O) groups excluding carboxylic acids is 2. The van der Waals surface area contributed by atoms with Crippen LogP contribution in [0.1, 0.15) is 29.7 Å². The van der Waals surface area contributed by atoms with Crippen LogP contribution in [0.15, 0.2) is 64.8 Å². The summed E-state index contributed by atoms with van der Waals surface area (Å²) in [6.07, 6.45) is 0. The molecule has 3 rings (SSSR count). The van der Waals surface area contributed by atoms with Crippen molar-refractivity contribution in [3.63, 3.8) is 0 Å². The van der Waals surface area contributed by atoms with Crippen molar-refractivity contribution in [3.8, 4) is 0 Å². The molecule has 0 fully saturated rings. The highest BCUT2D eigenvalue weighted by Crippen LogP contribution is 2.31. The molecule has 0 saturated carbocycles. The van der Waals surface area contributed by atoms with E-state index in [4.69, 9.17) is 5.73 Å². The highest BCUT2D eigenvalue weighted by atomic mass is 32.2. The smallest absolute Gasteiger partial charge is 0.248 e. The third kappa shape index (κ3) is 4.86. The number of allylic oxidation sites excluding steroid dienone is 1. The highest BCUT2D eigenvalue weighted by molar-refractivity contribution is 8.14. The van der Waals surface area contributed by atoms with E-state index < -0.39 is 11.9 Å². The summed E-state index contributed by atoms with van der Waals surface area (Å²) in [6.45, 7) is 5.72. The van der Waals surface area contributed by atoms with Gasteiger partial charge in [-0.3, -0.25) is 9.59 Å². The van der Waals surface area contributed by atoms with Crippen LogP contribution in [0.25, 0.3) is 0 Å². The summed E-state index contributed by atoms with van der Waals surface area (Å²) < 4.78 is 0. The average Bonchev–Trinajstić information content (AvgIpc) is 2.69. The normalized spacial score (nSPS) is 16.1. The summed E-state index contributed by atoms with van der Waals surface area (Å²) in [6, 6.07) is 14.9. The van der Waals surface area contributed by atoms with Crippen molar-refractivity contribution in [2.45, 2.75) is 26.8 Å². The van der Waals surface area contributed by atoms with Gasteiger partial charge in [0.2, 0.25) is 11.8 Å². The fraction of sp³-hybridized carbons (Fsp3) is 0.227. The monoisotopic (exact) mass is 408 g/mol. The Balaban J connectivity index is 1.74. The van der Waals surface area contributed by atoms with E-state index in [1.165, 1.54) is 11.8 Å². The van der Waals surface area contributed by atoms with E-state index in [1.807, 2.05) is 62.4 Å². The van der Waals surface area contributed by atoms with Gasteiger partial charge in [-0.05, 0) is 37.5 Å². The molecule has 0 radical (unpaired) electrons. The van der Waals surface area contributed by atoms with Crippen LogP contribution < -0.4 is 16.4 Å². The number of aryl methyl sites for hydroxylation is 2. The van der Waals surface area contributed by atoms with E-state index in [1.54, 1.807) is 6.92 Å². The van der Waals surface area contributed by atoms with E-state index in [9.17, 15) is 9.59 Å². The molecular formula is C22H24N4O2S. The maximum Gasteiger partial charge on any atom is 0.248 e. The number of nitrogens with two attached hydrogens (primary N) is 1. The Labute approximate surface area is 174 Å². The molecule has 150 valence electrons.